The summed E-state index contributed by atoms with van der Waals surface area (Å²) in [5.41, 5.74) is 0.368. The van der Waals surface area contributed by atoms with E-state index in [4.69, 9.17) is 11.6 Å². The number of halogens is 1. The van der Waals surface area contributed by atoms with Gasteiger partial charge in [-0.05, 0) is 26.8 Å². The lowest BCUT2D eigenvalue weighted by atomic mass is 10.00. The van der Waals surface area contributed by atoms with Crippen LogP contribution in [0.3, 0.4) is 0 Å². The predicted octanol–water partition coefficient (Wildman–Crippen LogP) is 1.33. The highest BCUT2D eigenvalue weighted by Crippen LogP contribution is 2.21. The van der Waals surface area contributed by atoms with Crippen LogP contribution in [0.4, 0.5) is 5.69 Å². The van der Waals surface area contributed by atoms with Crippen LogP contribution in [0, 0.1) is 0 Å². The van der Waals surface area contributed by atoms with E-state index in [0.29, 0.717) is 17.8 Å². The van der Waals surface area contributed by atoms with E-state index >= 15 is 0 Å². The van der Waals surface area contributed by atoms with Crippen molar-refractivity contribution in [3.63, 3.8) is 0 Å². The largest absolute Gasteiger partial charge is 0.378 e. The maximum Gasteiger partial charge on any atom is 0.287 e. The Labute approximate surface area is 112 Å². The summed E-state index contributed by atoms with van der Waals surface area (Å²) < 4.78 is 1.24. The van der Waals surface area contributed by atoms with Crippen molar-refractivity contribution in [3.8, 4) is 0 Å². The maximum absolute atomic E-state index is 11.7. The molecule has 100 valence electrons. The fraction of sp³-hybridized carbons (Fsp3) is 0.667. The molecule has 0 aliphatic carbocycles. The Balaban J connectivity index is 2.11. The van der Waals surface area contributed by atoms with Gasteiger partial charge in [-0.1, -0.05) is 11.6 Å². The number of aromatic nitrogens is 2. The standard InChI is InChI=1S/C12H19ClN4O/c1-8-4-5-9(7-16(8)2)15-10-6-14-17(3)12(18)11(10)13/h6,8-9,15H,4-5,7H2,1-3H3/t8?,9-/m0/s1. The first-order valence-corrected chi connectivity index (χ1v) is 6.55. The third-order valence-electron chi connectivity index (χ3n) is 3.63. The third kappa shape index (κ3) is 2.67. The second kappa shape index (κ2) is 5.28. The molecule has 1 fully saturated rings. The van der Waals surface area contributed by atoms with E-state index in [1.54, 1.807) is 13.2 Å². The van der Waals surface area contributed by atoms with Crippen molar-refractivity contribution in [2.75, 3.05) is 18.9 Å². The molecule has 2 heterocycles. The van der Waals surface area contributed by atoms with Gasteiger partial charge in [-0.3, -0.25) is 4.79 Å². The molecule has 1 N–H and O–H groups in total. The highest BCUT2D eigenvalue weighted by atomic mass is 35.5. The van der Waals surface area contributed by atoms with Crippen LogP contribution in [0.5, 0.6) is 0 Å². The van der Waals surface area contributed by atoms with Gasteiger partial charge < -0.3 is 10.2 Å². The molecule has 1 aliphatic heterocycles. The highest BCUT2D eigenvalue weighted by Gasteiger charge is 2.23. The minimum Gasteiger partial charge on any atom is -0.378 e. The smallest absolute Gasteiger partial charge is 0.287 e. The van der Waals surface area contributed by atoms with Crippen LogP contribution >= 0.6 is 11.6 Å². The van der Waals surface area contributed by atoms with Gasteiger partial charge >= 0.3 is 0 Å². The van der Waals surface area contributed by atoms with Crippen molar-refractivity contribution < 1.29 is 0 Å². The summed E-state index contributed by atoms with van der Waals surface area (Å²) in [4.78, 5) is 14.0. The molecule has 6 heteroatoms. The Morgan fingerprint density at radius 3 is 2.83 bits per heavy atom. The summed E-state index contributed by atoms with van der Waals surface area (Å²) in [6, 6.07) is 0.929. The van der Waals surface area contributed by atoms with E-state index in [0.717, 1.165) is 19.4 Å². The maximum atomic E-state index is 11.7. The Kier molecular flexibility index (Phi) is 3.92. The second-order valence-electron chi connectivity index (χ2n) is 5.01. The molecule has 18 heavy (non-hydrogen) atoms. The lowest BCUT2D eigenvalue weighted by Crippen LogP contribution is -2.44. The first-order valence-electron chi connectivity index (χ1n) is 6.17. The summed E-state index contributed by atoms with van der Waals surface area (Å²) in [6.07, 6.45) is 3.84. The quantitative estimate of drug-likeness (QED) is 0.881. The normalized spacial score (nSPS) is 25.1. The van der Waals surface area contributed by atoms with Gasteiger partial charge in [0, 0.05) is 25.7 Å². The summed E-state index contributed by atoms with van der Waals surface area (Å²) in [5, 5.41) is 7.52. The molecule has 1 aliphatic rings. The van der Waals surface area contributed by atoms with E-state index in [-0.39, 0.29) is 10.6 Å². The number of likely N-dealkylation sites (N-methyl/N-ethyl adjacent to an activating group) is 1. The van der Waals surface area contributed by atoms with Crippen LogP contribution in [-0.2, 0) is 7.05 Å². The van der Waals surface area contributed by atoms with E-state index in [1.807, 2.05) is 0 Å². The fourth-order valence-electron chi connectivity index (χ4n) is 2.23. The summed E-state index contributed by atoms with van der Waals surface area (Å²) in [5.74, 6) is 0. The number of aryl methyl sites for hydroxylation is 1. The van der Waals surface area contributed by atoms with Gasteiger partial charge in [0.25, 0.3) is 5.56 Å². The van der Waals surface area contributed by atoms with Crippen molar-refractivity contribution in [2.24, 2.45) is 7.05 Å². The molecule has 2 atom stereocenters. The second-order valence-corrected chi connectivity index (χ2v) is 5.39. The van der Waals surface area contributed by atoms with Gasteiger partial charge in [-0.25, -0.2) is 4.68 Å². The van der Waals surface area contributed by atoms with Gasteiger partial charge in [-0.2, -0.15) is 5.10 Å². The molecule has 0 bridgehead atoms. The number of hydrogen-bond acceptors (Lipinski definition) is 4. The van der Waals surface area contributed by atoms with Gasteiger partial charge in [0.15, 0.2) is 0 Å². The van der Waals surface area contributed by atoms with E-state index in [2.05, 4.69) is 29.3 Å². The predicted molar refractivity (Wildman–Crippen MR) is 73.2 cm³/mol. The zero-order valence-electron chi connectivity index (χ0n) is 11.0. The molecule has 0 radical (unpaired) electrons. The number of likely N-dealkylation sites (tertiary alicyclic amines) is 1. The third-order valence-corrected chi connectivity index (χ3v) is 4.00. The molecule has 0 spiro atoms. The van der Waals surface area contributed by atoms with E-state index in [1.165, 1.54) is 4.68 Å². The molecule has 0 aromatic carbocycles. The lowest BCUT2D eigenvalue weighted by molar-refractivity contribution is 0.188. The number of rotatable bonds is 2. The summed E-state index contributed by atoms with van der Waals surface area (Å²) >= 11 is 6.03. The van der Waals surface area contributed by atoms with E-state index < -0.39 is 0 Å². The van der Waals surface area contributed by atoms with Crippen LogP contribution in [0.2, 0.25) is 5.02 Å². The molecule has 2 rings (SSSR count). The fourth-order valence-corrected chi connectivity index (χ4v) is 2.46. The van der Waals surface area contributed by atoms with Gasteiger partial charge in [-0.15, -0.1) is 0 Å². The number of anilines is 1. The Bertz CT molecular complexity index is 487. The minimum absolute atomic E-state index is 0.216. The van der Waals surface area contributed by atoms with Crippen LogP contribution in [0.15, 0.2) is 11.0 Å². The topological polar surface area (TPSA) is 50.2 Å². The van der Waals surface area contributed by atoms with E-state index in [9.17, 15) is 4.79 Å². The van der Waals surface area contributed by atoms with Gasteiger partial charge in [0.2, 0.25) is 0 Å². The van der Waals surface area contributed by atoms with Crippen LogP contribution in [0.1, 0.15) is 19.8 Å². The zero-order chi connectivity index (χ0) is 13.3. The van der Waals surface area contributed by atoms with Gasteiger partial charge in [0.1, 0.15) is 5.02 Å². The number of nitrogens with one attached hydrogen (secondary N) is 1. The molecule has 0 saturated carbocycles. The Morgan fingerprint density at radius 2 is 2.17 bits per heavy atom. The molecule has 1 aromatic heterocycles. The zero-order valence-corrected chi connectivity index (χ0v) is 11.7. The van der Waals surface area contributed by atoms with Crippen molar-refractivity contribution >= 4 is 17.3 Å². The summed E-state index contributed by atoms with van der Waals surface area (Å²) in [7, 11) is 3.70. The highest BCUT2D eigenvalue weighted by molar-refractivity contribution is 6.32. The molecule has 1 unspecified atom stereocenters. The minimum atomic E-state index is -0.265. The number of piperidine rings is 1. The molecular weight excluding hydrogens is 252 g/mol. The lowest BCUT2D eigenvalue weighted by Gasteiger charge is -2.36. The molecule has 5 nitrogen and oxygen atoms in total. The molecular formula is C12H19ClN4O. The molecule has 1 aromatic rings. The average molecular weight is 271 g/mol. The van der Waals surface area contributed by atoms with Crippen LogP contribution in [0.25, 0.3) is 0 Å². The number of hydrogen-bond donors (Lipinski definition) is 1. The van der Waals surface area contributed by atoms with Crippen molar-refractivity contribution in [2.45, 2.75) is 31.8 Å². The Morgan fingerprint density at radius 1 is 1.44 bits per heavy atom. The van der Waals surface area contributed by atoms with Crippen LogP contribution < -0.4 is 10.9 Å². The van der Waals surface area contributed by atoms with Crippen molar-refractivity contribution in [3.05, 3.63) is 21.6 Å². The Hall–Kier alpha value is -1.07. The SMILES string of the molecule is CC1CC[C@H](Nc2cnn(C)c(=O)c2Cl)CN1C. The molecule has 1 saturated heterocycles. The van der Waals surface area contributed by atoms with Crippen LogP contribution in [-0.4, -0.2) is 40.4 Å². The van der Waals surface area contributed by atoms with Crippen molar-refractivity contribution in [1.82, 2.24) is 14.7 Å². The van der Waals surface area contributed by atoms with Gasteiger partial charge in [0.05, 0.1) is 11.9 Å². The van der Waals surface area contributed by atoms with Crippen molar-refractivity contribution in [1.29, 1.82) is 0 Å². The summed E-state index contributed by atoms with van der Waals surface area (Å²) in [6.45, 7) is 3.18. The molecule has 0 amide bonds. The number of nitrogens with zero attached hydrogens (tertiary/aromatic N) is 3. The monoisotopic (exact) mass is 270 g/mol. The average Bonchev–Trinajstić information content (AvgIpc) is 2.34. The first-order chi connectivity index (χ1) is 8.49. The first kappa shape index (κ1) is 13.4.